The number of rotatable bonds is 9. The van der Waals surface area contributed by atoms with Gasteiger partial charge < -0.3 is 19.5 Å². The Labute approximate surface area is 154 Å². The summed E-state index contributed by atoms with van der Waals surface area (Å²) in [5, 5.41) is 2.83. The maximum Gasteiger partial charge on any atom is 0.323 e. The number of nitrogens with zero attached hydrogens (tertiary/aromatic N) is 1. The van der Waals surface area contributed by atoms with Gasteiger partial charge in [0.2, 0.25) is 5.91 Å². The van der Waals surface area contributed by atoms with Crippen molar-refractivity contribution in [2.24, 2.45) is 0 Å². The van der Waals surface area contributed by atoms with E-state index in [2.05, 4.69) is 5.32 Å². The van der Waals surface area contributed by atoms with Gasteiger partial charge in [-0.1, -0.05) is 18.6 Å². The van der Waals surface area contributed by atoms with Gasteiger partial charge in [0, 0.05) is 0 Å². The largest absolute Gasteiger partial charge is 0.493 e. The normalized spacial score (nSPS) is 17.4. The summed E-state index contributed by atoms with van der Waals surface area (Å²) < 4.78 is 16.0. The first-order valence-electron chi connectivity index (χ1n) is 9.09. The SMILES string of the molecule is CCOC(=O)[C@@H]1CCCCN1CC(=O)NCCOc1ccccc1OC. The number of amides is 1. The topological polar surface area (TPSA) is 77.1 Å². The van der Waals surface area contributed by atoms with Crippen LogP contribution in [0, 0.1) is 0 Å². The molecule has 7 heteroatoms. The van der Waals surface area contributed by atoms with Crippen molar-refractivity contribution in [2.45, 2.75) is 32.2 Å². The summed E-state index contributed by atoms with van der Waals surface area (Å²) >= 11 is 0. The van der Waals surface area contributed by atoms with Crippen LogP contribution in [0.3, 0.4) is 0 Å². The van der Waals surface area contributed by atoms with E-state index in [1.807, 2.05) is 29.2 Å². The Morgan fingerprint density at radius 3 is 2.73 bits per heavy atom. The lowest BCUT2D eigenvalue weighted by Crippen LogP contribution is -2.49. The number of carbonyl (C=O) groups excluding carboxylic acids is 2. The van der Waals surface area contributed by atoms with E-state index < -0.39 is 0 Å². The van der Waals surface area contributed by atoms with E-state index in [1.165, 1.54) is 0 Å². The van der Waals surface area contributed by atoms with Gasteiger partial charge in [-0.05, 0) is 38.4 Å². The minimum atomic E-state index is -0.320. The van der Waals surface area contributed by atoms with Crippen LogP contribution in [0.5, 0.6) is 11.5 Å². The second-order valence-electron chi connectivity index (χ2n) is 6.08. The Hall–Kier alpha value is -2.28. The fraction of sp³-hybridized carbons (Fsp3) is 0.579. The van der Waals surface area contributed by atoms with Crippen molar-refractivity contribution < 1.29 is 23.8 Å². The molecule has 0 unspecified atom stereocenters. The molecule has 7 nitrogen and oxygen atoms in total. The minimum Gasteiger partial charge on any atom is -0.493 e. The van der Waals surface area contributed by atoms with Crippen LogP contribution in [0.15, 0.2) is 24.3 Å². The second-order valence-corrected chi connectivity index (χ2v) is 6.08. The highest BCUT2D eigenvalue weighted by Gasteiger charge is 2.30. The van der Waals surface area contributed by atoms with Crippen molar-refractivity contribution >= 4 is 11.9 Å². The summed E-state index contributed by atoms with van der Waals surface area (Å²) in [5.74, 6) is 0.941. The zero-order chi connectivity index (χ0) is 18.8. The fourth-order valence-corrected chi connectivity index (χ4v) is 3.02. The van der Waals surface area contributed by atoms with E-state index in [-0.39, 0.29) is 24.5 Å². The molecule has 0 radical (unpaired) electrons. The van der Waals surface area contributed by atoms with Gasteiger partial charge in [0.05, 0.1) is 26.8 Å². The molecule has 0 aliphatic carbocycles. The molecule has 0 bridgehead atoms. The molecule has 1 heterocycles. The first-order valence-corrected chi connectivity index (χ1v) is 9.09. The number of piperidine rings is 1. The van der Waals surface area contributed by atoms with Crippen LogP contribution in [0.4, 0.5) is 0 Å². The quantitative estimate of drug-likeness (QED) is 0.530. The second kappa shape index (κ2) is 10.7. The number of ether oxygens (including phenoxy) is 3. The number of nitrogens with one attached hydrogen (secondary N) is 1. The predicted molar refractivity (Wildman–Crippen MR) is 97.3 cm³/mol. The van der Waals surface area contributed by atoms with E-state index in [0.717, 1.165) is 25.8 Å². The third-order valence-corrected chi connectivity index (χ3v) is 4.27. The molecule has 1 aliphatic heterocycles. The number of esters is 1. The first kappa shape index (κ1) is 20.0. The summed E-state index contributed by atoms with van der Waals surface area (Å²) in [6.07, 6.45) is 2.71. The molecule has 1 N–H and O–H groups in total. The van der Waals surface area contributed by atoms with Crippen molar-refractivity contribution in [3.05, 3.63) is 24.3 Å². The van der Waals surface area contributed by atoms with Crippen LogP contribution in [0.25, 0.3) is 0 Å². The number of para-hydroxylation sites is 2. The van der Waals surface area contributed by atoms with E-state index in [9.17, 15) is 9.59 Å². The number of benzene rings is 1. The summed E-state index contributed by atoms with van der Waals surface area (Å²) in [6, 6.07) is 7.05. The average Bonchev–Trinajstić information content (AvgIpc) is 2.66. The van der Waals surface area contributed by atoms with Gasteiger partial charge in [-0.15, -0.1) is 0 Å². The van der Waals surface area contributed by atoms with Crippen molar-refractivity contribution in [2.75, 3.05) is 40.0 Å². The number of hydrogen-bond donors (Lipinski definition) is 1. The van der Waals surface area contributed by atoms with Gasteiger partial charge in [0.1, 0.15) is 12.6 Å². The smallest absolute Gasteiger partial charge is 0.323 e. The lowest BCUT2D eigenvalue weighted by molar-refractivity contribution is -0.151. The van der Waals surface area contributed by atoms with Crippen molar-refractivity contribution in [1.29, 1.82) is 0 Å². The van der Waals surface area contributed by atoms with Gasteiger partial charge in [0.15, 0.2) is 11.5 Å². The van der Waals surface area contributed by atoms with Gasteiger partial charge in [-0.2, -0.15) is 0 Å². The number of methoxy groups -OCH3 is 1. The molecule has 0 saturated carbocycles. The molecule has 1 aromatic carbocycles. The third-order valence-electron chi connectivity index (χ3n) is 4.27. The Morgan fingerprint density at radius 1 is 1.23 bits per heavy atom. The van der Waals surface area contributed by atoms with E-state index in [1.54, 1.807) is 14.0 Å². The first-order chi connectivity index (χ1) is 12.7. The highest BCUT2D eigenvalue weighted by Crippen LogP contribution is 2.25. The molecule has 1 fully saturated rings. The molecule has 26 heavy (non-hydrogen) atoms. The van der Waals surface area contributed by atoms with Crippen LogP contribution in [-0.2, 0) is 14.3 Å². The third kappa shape index (κ3) is 5.91. The average molecular weight is 364 g/mol. The molecule has 1 amide bonds. The van der Waals surface area contributed by atoms with E-state index >= 15 is 0 Å². The molecule has 1 aromatic rings. The lowest BCUT2D eigenvalue weighted by atomic mass is 10.0. The standard InChI is InChI=1S/C19H28N2O5/c1-3-25-19(23)15-8-6-7-12-21(15)14-18(22)20-11-13-26-17-10-5-4-9-16(17)24-2/h4-5,9-10,15H,3,6-8,11-14H2,1-2H3,(H,20,22)/t15-/m0/s1. The summed E-state index contributed by atoms with van der Waals surface area (Å²) in [5.41, 5.74) is 0. The molecular weight excluding hydrogens is 336 g/mol. The van der Waals surface area contributed by atoms with Gasteiger partial charge in [0.25, 0.3) is 0 Å². The molecule has 0 spiro atoms. The predicted octanol–water partition coefficient (Wildman–Crippen LogP) is 1.61. The molecule has 1 saturated heterocycles. The van der Waals surface area contributed by atoms with E-state index in [0.29, 0.717) is 31.3 Å². The maximum atomic E-state index is 12.2. The van der Waals surface area contributed by atoms with Crippen LogP contribution in [-0.4, -0.2) is 62.8 Å². The zero-order valence-electron chi connectivity index (χ0n) is 15.5. The van der Waals surface area contributed by atoms with Gasteiger partial charge in [-0.3, -0.25) is 14.5 Å². The Bertz CT molecular complexity index is 593. The number of hydrogen-bond acceptors (Lipinski definition) is 6. The van der Waals surface area contributed by atoms with Crippen LogP contribution in [0.2, 0.25) is 0 Å². The lowest BCUT2D eigenvalue weighted by Gasteiger charge is -2.33. The molecule has 1 aliphatic rings. The highest BCUT2D eigenvalue weighted by atomic mass is 16.5. The zero-order valence-corrected chi connectivity index (χ0v) is 15.5. The van der Waals surface area contributed by atoms with Crippen molar-refractivity contribution in [3.8, 4) is 11.5 Å². The Balaban J connectivity index is 1.74. The monoisotopic (exact) mass is 364 g/mol. The van der Waals surface area contributed by atoms with Crippen molar-refractivity contribution in [1.82, 2.24) is 10.2 Å². The fourth-order valence-electron chi connectivity index (χ4n) is 3.02. The molecule has 1 atom stereocenters. The van der Waals surface area contributed by atoms with Gasteiger partial charge >= 0.3 is 5.97 Å². The Morgan fingerprint density at radius 2 is 2.00 bits per heavy atom. The van der Waals surface area contributed by atoms with E-state index in [4.69, 9.17) is 14.2 Å². The number of likely N-dealkylation sites (tertiary alicyclic amines) is 1. The molecule has 2 rings (SSSR count). The molecular formula is C19H28N2O5. The van der Waals surface area contributed by atoms with Crippen LogP contribution >= 0.6 is 0 Å². The van der Waals surface area contributed by atoms with Crippen LogP contribution < -0.4 is 14.8 Å². The maximum absolute atomic E-state index is 12.2. The summed E-state index contributed by atoms with van der Waals surface area (Å²) in [4.78, 5) is 26.1. The van der Waals surface area contributed by atoms with Crippen LogP contribution in [0.1, 0.15) is 26.2 Å². The Kier molecular flexibility index (Phi) is 8.21. The minimum absolute atomic E-state index is 0.121. The van der Waals surface area contributed by atoms with Gasteiger partial charge in [-0.25, -0.2) is 0 Å². The molecule has 0 aromatic heterocycles. The molecule has 144 valence electrons. The highest BCUT2D eigenvalue weighted by molar-refractivity contribution is 5.80. The van der Waals surface area contributed by atoms with Crippen molar-refractivity contribution in [3.63, 3.8) is 0 Å². The number of carbonyl (C=O) groups is 2. The summed E-state index contributed by atoms with van der Waals surface area (Å²) in [7, 11) is 1.59. The summed E-state index contributed by atoms with van der Waals surface area (Å²) in [6.45, 7) is 3.80.